The molecule has 0 saturated carbocycles. The molecule has 0 aliphatic rings. The maximum absolute atomic E-state index is 9.35. The number of alkyl halides is 1. The van der Waals surface area contributed by atoms with E-state index >= 15 is 0 Å². The minimum absolute atomic E-state index is 0.104. The Labute approximate surface area is 139 Å². The number of nitriles is 1. The fourth-order valence-electron chi connectivity index (χ4n) is 2.43. The molecule has 0 heterocycles. The zero-order chi connectivity index (χ0) is 16.8. The van der Waals surface area contributed by atoms with Gasteiger partial charge in [0.25, 0.3) is 0 Å². The molecule has 0 spiro atoms. The molecule has 0 radical (unpaired) electrons. The van der Waals surface area contributed by atoms with Crippen molar-refractivity contribution in [1.29, 1.82) is 10.7 Å². The Bertz CT molecular complexity index is 566. The molecule has 0 amide bonds. The first-order valence-corrected chi connectivity index (χ1v) is 8.20. The highest BCUT2D eigenvalue weighted by Gasteiger charge is 2.24. The van der Waals surface area contributed by atoms with Gasteiger partial charge in [0.05, 0.1) is 24.0 Å². The molecule has 1 atom stereocenters. The summed E-state index contributed by atoms with van der Waals surface area (Å²) >= 11 is 5.83. The molecule has 0 aliphatic heterocycles. The van der Waals surface area contributed by atoms with E-state index in [1.165, 1.54) is 0 Å². The van der Waals surface area contributed by atoms with Crippen LogP contribution in [0.5, 0.6) is 0 Å². The van der Waals surface area contributed by atoms with Crippen LogP contribution in [-0.4, -0.2) is 26.2 Å². The van der Waals surface area contributed by atoms with E-state index in [9.17, 15) is 5.26 Å². The largest absolute Gasteiger partial charge is 0.481 e. The van der Waals surface area contributed by atoms with E-state index in [1.54, 1.807) is 0 Å². The van der Waals surface area contributed by atoms with Crippen molar-refractivity contribution in [3.63, 3.8) is 0 Å². The number of ether oxygens (including phenoxy) is 1. The molecular formula is C17H24BClN2O. The summed E-state index contributed by atoms with van der Waals surface area (Å²) in [6, 6.07) is 8.40. The second-order valence-electron chi connectivity index (χ2n) is 5.99. The first-order chi connectivity index (χ1) is 10.4. The lowest BCUT2D eigenvalue weighted by Gasteiger charge is -2.23. The molecule has 0 aliphatic carbocycles. The summed E-state index contributed by atoms with van der Waals surface area (Å²) in [4.78, 5) is 0. The number of nitrogens with one attached hydrogen (secondary N) is 1. The predicted octanol–water partition coefficient (Wildman–Crippen LogP) is 2.86. The van der Waals surface area contributed by atoms with Crippen molar-refractivity contribution in [3.05, 3.63) is 29.3 Å². The van der Waals surface area contributed by atoms with Gasteiger partial charge in [-0.05, 0) is 44.7 Å². The number of hydrogen-bond donors (Lipinski definition) is 1. The Morgan fingerprint density at radius 1 is 1.50 bits per heavy atom. The van der Waals surface area contributed by atoms with E-state index in [-0.39, 0.29) is 11.8 Å². The normalized spacial score (nSPS) is 12.5. The van der Waals surface area contributed by atoms with Crippen LogP contribution in [0.4, 0.5) is 0 Å². The van der Waals surface area contributed by atoms with Crippen LogP contribution in [0, 0.1) is 16.7 Å². The van der Waals surface area contributed by atoms with Crippen molar-refractivity contribution in [2.45, 2.75) is 44.9 Å². The van der Waals surface area contributed by atoms with Crippen molar-refractivity contribution >= 4 is 30.8 Å². The van der Waals surface area contributed by atoms with E-state index in [4.69, 9.17) is 21.7 Å². The lowest BCUT2D eigenvalue weighted by Crippen LogP contribution is -2.25. The van der Waals surface area contributed by atoms with Crippen LogP contribution in [0.3, 0.4) is 0 Å². The molecular weight excluding hydrogens is 294 g/mol. The van der Waals surface area contributed by atoms with Gasteiger partial charge in [-0.15, -0.1) is 11.6 Å². The van der Waals surface area contributed by atoms with E-state index in [0.717, 1.165) is 29.4 Å². The van der Waals surface area contributed by atoms with Gasteiger partial charge in [-0.25, -0.2) is 0 Å². The summed E-state index contributed by atoms with van der Waals surface area (Å²) in [5.74, 6) is 0.744. The van der Waals surface area contributed by atoms with Crippen LogP contribution in [0.1, 0.15) is 50.7 Å². The van der Waals surface area contributed by atoms with Gasteiger partial charge < -0.3 is 4.74 Å². The summed E-state index contributed by atoms with van der Waals surface area (Å²) in [5, 5.41) is 17.5. The molecule has 5 heteroatoms. The molecule has 0 fully saturated rings. The highest BCUT2D eigenvalue weighted by molar-refractivity contribution is 6.33. The summed E-state index contributed by atoms with van der Waals surface area (Å²) < 4.78 is 5.44. The minimum atomic E-state index is -0.548. The highest BCUT2D eigenvalue weighted by atomic mass is 35.5. The summed E-state index contributed by atoms with van der Waals surface area (Å²) in [6.45, 7) is 6.18. The summed E-state index contributed by atoms with van der Waals surface area (Å²) in [6.07, 6.45) is 1.60. The Morgan fingerprint density at radius 3 is 2.73 bits per heavy atom. The van der Waals surface area contributed by atoms with Gasteiger partial charge in [0.1, 0.15) is 7.85 Å². The minimum Gasteiger partial charge on any atom is -0.481 e. The fourth-order valence-corrected chi connectivity index (χ4v) is 2.59. The number of hydrogen-bond acceptors (Lipinski definition) is 3. The Morgan fingerprint density at radius 2 is 2.18 bits per heavy atom. The molecule has 0 saturated heterocycles. The van der Waals surface area contributed by atoms with Crippen molar-refractivity contribution in [2.75, 3.05) is 12.5 Å². The Hall–Kier alpha value is -1.47. The third-order valence-electron chi connectivity index (χ3n) is 3.90. The third-order valence-corrected chi connectivity index (χ3v) is 4.17. The smallest absolute Gasteiger partial charge is 0.188 e. The van der Waals surface area contributed by atoms with Gasteiger partial charge in [-0.1, -0.05) is 23.7 Å². The van der Waals surface area contributed by atoms with Gasteiger partial charge in [0.2, 0.25) is 0 Å². The average molecular weight is 319 g/mol. The second kappa shape index (κ2) is 8.24. The predicted molar refractivity (Wildman–Crippen MR) is 95.3 cm³/mol. The van der Waals surface area contributed by atoms with Crippen LogP contribution in [0.15, 0.2) is 18.2 Å². The Balaban J connectivity index is 3.26. The van der Waals surface area contributed by atoms with E-state index < -0.39 is 5.41 Å². The summed E-state index contributed by atoms with van der Waals surface area (Å²) in [5.41, 5.74) is 2.59. The van der Waals surface area contributed by atoms with Gasteiger partial charge in [0.15, 0.2) is 5.90 Å². The SMILES string of the molecule is Bc1ccc(C(C)(C)C#N)cc1C(CCCCl)C(=N)OCC. The molecule has 118 valence electrons. The van der Waals surface area contributed by atoms with Crippen LogP contribution in [0.25, 0.3) is 0 Å². The zero-order valence-corrected chi connectivity index (χ0v) is 14.6. The van der Waals surface area contributed by atoms with Crippen LogP contribution >= 0.6 is 11.6 Å². The number of halogens is 1. The van der Waals surface area contributed by atoms with Gasteiger partial charge in [0, 0.05) is 5.88 Å². The number of rotatable bonds is 7. The summed E-state index contributed by atoms with van der Waals surface area (Å²) in [7, 11) is 2.03. The van der Waals surface area contributed by atoms with Crippen LogP contribution in [0.2, 0.25) is 0 Å². The second-order valence-corrected chi connectivity index (χ2v) is 6.37. The van der Waals surface area contributed by atoms with E-state index in [1.807, 2.05) is 46.8 Å². The highest BCUT2D eigenvalue weighted by Crippen LogP contribution is 2.28. The Kier molecular flexibility index (Phi) is 6.96. The van der Waals surface area contributed by atoms with Crippen LogP contribution < -0.4 is 5.46 Å². The van der Waals surface area contributed by atoms with Crippen molar-refractivity contribution in [2.24, 2.45) is 0 Å². The monoisotopic (exact) mass is 318 g/mol. The lowest BCUT2D eigenvalue weighted by molar-refractivity contribution is 0.305. The van der Waals surface area contributed by atoms with Crippen LogP contribution in [-0.2, 0) is 10.2 Å². The molecule has 1 N–H and O–H groups in total. The molecule has 0 bridgehead atoms. The average Bonchev–Trinajstić information content (AvgIpc) is 2.49. The van der Waals surface area contributed by atoms with E-state index in [0.29, 0.717) is 12.5 Å². The molecule has 22 heavy (non-hydrogen) atoms. The molecule has 1 aromatic carbocycles. The van der Waals surface area contributed by atoms with Gasteiger partial charge in [-0.2, -0.15) is 5.26 Å². The number of benzene rings is 1. The zero-order valence-electron chi connectivity index (χ0n) is 13.9. The van der Waals surface area contributed by atoms with Crippen molar-refractivity contribution in [3.8, 4) is 6.07 Å². The topological polar surface area (TPSA) is 56.9 Å². The molecule has 1 rings (SSSR count). The number of nitrogens with zero attached hydrogens (tertiary/aromatic N) is 1. The fraction of sp³-hybridized carbons (Fsp3) is 0.529. The standard InChI is InChI=1S/C17H24BClN2O/c1-4-22-16(21)13(6-5-9-19)14-10-12(7-8-15(14)18)17(2,3)11-20/h7-8,10,13,21H,4-6,9,18H2,1-3H3. The van der Waals surface area contributed by atoms with Gasteiger partial charge >= 0.3 is 0 Å². The molecule has 1 aromatic rings. The third kappa shape index (κ3) is 4.51. The maximum atomic E-state index is 9.35. The quantitative estimate of drug-likeness (QED) is 0.364. The molecule has 3 nitrogen and oxygen atoms in total. The molecule has 0 aromatic heterocycles. The molecule has 1 unspecified atom stereocenters. The van der Waals surface area contributed by atoms with Crippen molar-refractivity contribution < 1.29 is 4.74 Å². The lowest BCUT2D eigenvalue weighted by atomic mass is 9.77. The van der Waals surface area contributed by atoms with E-state index in [2.05, 4.69) is 6.07 Å². The first-order valence-electron chi connectivity index (χ1n) is 7.66. The van der Waals surface area contributed by atoms with Gasteiger partial charge in [-0.3, -0.25) is 5.41 Å². The maximum Gasteiger partial charge on any atom is 0.188 e. The van der Waals surface area contributed by atoms with Crippen molar-refractivity contribution in [1.82, 2.24) is 0 Å². The first kappa shape index (κ1) is 18.6.